The molecule has 0 bridgehead atoms. The lowest BCUT2D eigenvalue weighted by atomic mass is 10.1. The van der Waals surface area contributed by atoms with Gasteiger partial charge in [-0.3, -0.25) is 0 Å². The van der Waals surface area contributed by atoms with Gasteiger partial charge in [-0.25, -0.2) is 4.39 Å². The Bertz CT molecular complexity index is 602. The van der Waals surface area contributed by atoms with Gasteiger partial charge in [0.05, 0.1) is 0 Å². The largest absolute Gasteiger partial charge is 0.487 e. The van der Waals surface area contributed by atoms with Gasteiger partial charge in [0.25, 0.3) is 0 Å². The van der Waals surface area contributed by atoms with Gasteiger partial charge >= 0.3 is 0 Å². The molecule has 0 amide bonds. The van der Waals surface area contributed by atoms with Gasteiger partial charge < -0.3 is 4.74 Å². The lowest BCUT2D eigenvalue weighted by molar-refractivity contribution is 0.303. The summed E-state index contributed by atoms with van der Waals surface area (Å²) >= 11 is 0. The van der Waals surface area contributed by atoms with Crippen LogP contribution in [0, 0.1) is 24.1 Å². The molecular weight excluding hydrogens is 229 g/mol. The molecule has 0 spiro atoms. The molecule has 2 nitrogen and oxygen atoms in total. The molecule has 90 valence electrons. The van der Waals surface area contributed by atoms with E-state index in [4.69, 9.17) is 10.00 Å². The van der Waals surface area contributed by atoms with E-state index >= 15 is 0 Å². The first-order valence-electron chi connectivity index (χ1n) is 5.58. The molecular formula is C15H12FNO. The van der Waals surface area contributed by atoms with E-state index in [1.807, 2.05) is 37.3 Å². The van der Waals surface area contributed by atoms with E-state index in [2.05, 4.69) is 0 Å². The Hall–Kier alpha value is -2.34. The number of rotatable bonds is 3. The predicted molar refractivity (Wildman–Crippen MR) is 66.6 cm³/mol. The minimum absolute atomic E-state index is 0.0499. The maximum atomic E-state index is 13.4. The summed E-state index contributed by atoms with van der Waals surface area (Å²) in [5, 5.41) is 8.88. The Morgan fingerprint density at radius 1 is 1.17 bits per heavy atom. The van der Waals surface area contributed by atoms with E-state index in [9.17, 15) is 4.39 Å². The van der Waals surface area contributed by atoms with Crippen LogP contribution in [0.1, 0.15) is 16.7 Å². The second-order valence-corrected chi connectivity index (χ2v) is 3.94. The van der Waals surface area contributed by atoms with E-state index in [0.29, 0.717) is 6.61 Å². The van der Waals surface area contributed by atoms with Crippen LogP contribution in [0.25, 0.3) is 0 Å². The third-order valence-corrected chi connectivity index (χ3v) is 2.73. The zero-order valence-electron chi connectivity index (χ0n) is 9.98. The molecule has 18 heavy (non-hydrogen) atoms. The number of nitrogens with zero attached hydrogens (tertiary/aromatic N) is 1. The summed E-state index contributed by atoms with van der Waals surface area (Å²) < 4.78 is 18.9. The van der Waals surface area contributed by atoms with Crippen LogP contribution in [-0.2, 0) is 6.61 Å². The number of hydrogen-bond acceptors (Lipinski definition) is 2. The molecule has 0 saturated heterocycles. The molecule has 0 atom stereocenters. The Labute approximate surface area is 105 Å². The quantitative estimate of drug-likeness (QED) is 0.822. The van der Waals surface area contributed by atoms with Gasteiger partial charge in [0.2, 0.25) is 0 Å². The molecule has 0 aliphatic heterocycles. The van der Waals surface area contributed by atoms with Crippen molar-refractivity contribution in [1.82, 2.24) is 0 Å². The number of nitriles is 1. The maximum Gasteiger partial charge on any atom is 0.144 e. The third-order valence-electron chi connectivity index (χ3n) is 2.73. The van der Waals surface area contributed by atoms with E-state index in [1.165, 1.54) is 12.1 Å². The number of benzene rings is 2. The van der Waals surface area contributed by atoms with Crippen molar-refractivity contribution >= 4 is 0 Å². The molecule has 0 aliphatic rings. The highest BCUT2D eigenvalue weighted by molar-refractivity contribution is 5.44. The molecule has 0 heterocycles. The van der Waals surface area contributed by atoms with Gasteiger partial charge in [-0.15, -0.1) is 0 Å². The van der Waals surface area contributed by atoms with Crippen molar-refractivity contribution in [2.24, 2.45) is 0 Å². The standard InChI is InChI=1S/C15H12FNO/c1-11-5-2-3-6-12(11)10-18-15-8-4-7-14(16)13(15)9-17/h2-8H,10H2,1H3. The van der Waals surface area contributed by atoms with Crippen molar-refractivity contribution in [1.29, 1.82) is 5.26 Å². The first-order chi connectivity index (χ1) is 8.72. The minimum Gasteiger partial charge on any atom is -0.487 e. The van der Waals surface area contributed by atoms with Crippen LogP contribution in [-0.4, -0.2) is 0 Å². The van der Waals surface area contributed by atoms with Crippen LogP contribution in [0.5, 0.6) is 5.75 Å². The van der Waals surface area contributed by atoms with Crippen molar-refractivity contribution in [2.75, 3.05) is 0 Å². The second-order valence-electron chi connectivity index (χ2n) is 3.94. The fraction of sp³-hybridized carbons (Fsp3) is 0.133. The first-order valence-corrected chi connectivity index (χ1v) is 5.58. The smallest absolute Gasteiger partial charge is 0.144 e. The Balaban J connectivity index is 2.19. The number of ether oxygens (including phenoxy) is 1. The summed E-state index contributed by atoms with van der Waals surface area (Å²) in [5.41, 5.74) is 2.07. The maximum absolute atomic E-state index is 13.4. The summed E-state index contributed by atoms with van der Waals surface area (Å²) in [6.45, 7) is 2.31. The second kappa shape index (κ2) is 5.33. The van der Waals surface area contributed by atoms with Crippen molar-refractivity contribution in [3.63, 3.8) is 0 Å². The fourth-order valence-corrected chi connectivity index (χ4v) is 1.66. The number of hydrogen-bond donors (Lipinski definition) is 0. The summed E-state index contributed by atoms with van der Waals surface area (Å²) in [6, 6.07) is 14.0. The van der Waals surface area contributed by atoms with E-state index in [1.54, 1.807) is 6.07 Å². The zero-order valence-corrected chi connectivity index (χ0v) is 9.98. The van der Waals surface area contributed by atoms with Gasteiger partial charge in [0.15, 0.2) is 0 Å². The van der Waals surface area contributed by atoms with E-state index in [0.717, 1.165) is 11.1 Å². The van der Waals surface area contributed by atoms with Crippen LogP contribution in [0.4, 0.5) is 4.39 Å². The van der Waals surface area contributed by atoms with E-state index < -0.39 is 5.82 Å². The molecule has 0 aliphatic carbocycles. The zero-order chi connectivity index (χ0) is 13.0. The van der Waals surface area contributed by atoms with Crippen LogP contribution in [0.3, 0.4) is 0 Å². The normalized spacial score (nSPS) is 9.83. The van der Waals surface area contributed by atoms with Crippen LogP contribution in [0.15, 0.2) is 42.5 Å². The first kappa shape index (κ1) is 12.1. The molecule has 0 aromatic heterocycles. The van der Waals surface area contributed by atoms with Gasteiger partial charge in [-0.2, -0.15) is 5.26 Å². The molecule has 0 saturated carbocycles. The Morgan fingerprint density at radius 3 is 2.67 bits per heavy atom. The molecule has 2 aromatic carbocycles. The molecule has 3 heteroatoms. The average Bonchev–Trinajstić information content (AvgIpc) is 2.38. The highest BCUT2D eigenvalue weighted by Crippen LogP contribution is 2.22. The lowest BCUT2D eigenvalue weighted by Crippen LogP contribution is -2.00. The van der Waals surface area contributed by atoms with Gasteiger partial charge in [-0.05, 0) is 30.2 Å². The summed E-state index contributed by atoms with van der Waals surface area (Å²) in [7, 11) is 0. The topological polar surface area (TPSA) is 33.0 Å². The molecule has 2 rings (SSSR count). The van der Waals surface area contributed by atoms with Gasteiger partial charge in [0, 0.05) is 0 Å². The monoisotopic (exact) mass is 241 g/mol. The molecule has 0 unspecified atom stereocenters. The average molecular weight is 241 g/mol. The third kappa shape index (κ3) is 2.49. The predicted octanol–water partition coefficient (Wildman–Crippen LogP) is 3.58. The van der Waals surface area contributed by atoms with Crippen molar-refractivity contribution in [2.45, 2.75) is 13.5 Å². The van der Waals surface area contributed by atoms with Crippen LogP contribution >= 0.6 is 0 Å². The van der Waals surface area contributed by atoms with Crippen molar-refractivity contribution in [3.05, 3.63) is 65.0 Å². The van der Waals surface area contributed by atoms with Crippen LogP contribution in [0.2, 0.25) is 0 Å². The van der Waals surface area contributed by atoms with Crippen molar-refractivity contribution in [3.8, 4) is 11.8 Å². The van der Waals surface area contributed by atoms with Crippen LogP contribution < -0.4 is 4.74 Å². The highest BCUT2D eigenvalue weighted by Gasteiger charge is 2.09. The number of aryl methyl sites for hydroxylation is 1. The summed E-state index contributed by atoms with van der Waals surface area (Å²) in [6.07, 6.45) is 0. The highest BCUT2D eigenvalue weighted by atomic mass is 19.1. The minimum atomic E-state index is -0.556. The van der Waals surface area contributed by atoms with Crippen molar-refractivity contribution < 1.29 is 9.13 Å². The molecule has 2 aromatic rings. The number of halogens is 1. The van der Waals surface area contributed by atoms with Gasteiger partial charge in [-0.1, -0.05) is 30.3 Å². The molecule has 0 fully saturated rings. The summed E-state index contributed by atoms with van der Waals surface area (Å²) in [4.78, 5) is 0. The fourth-order valence-electron chi connectivity index (χ4n) is 1.66. The van der Waals surface area contributed by atoms with E-state index in [-0.39, 0.29) is 11.3 Å². The lowest BCUT2D eigenvalue weighted by Gasteiger charge is -2.09. The SMILES string of the molecule is Cc1ccccc1COc1cccc(F)c1C#N. The summed E-state index contributed by atoms with van der Waals surface area (Å²) in [5.74, 6) is -0.277. The molecule has 0 radical (unpaired) electrons. The molecule has 0 N–H and O–H groups in total. The Morgan fingerprint density at radius 2 is 1.94 bits per heavy atom. The Kier molecular flexibility index (Phi) is 3.59. The van der Waals surface area contributed by atoms with Gasteiger partial charge in [0.1, 0.15) is 29.8 Å².